The number of halogens is 11. The third-order valence-electron chi connectivity index (χ3n) is 24.2. The molecule has 0 bridgehead atoms. The van der Waals surface area contributed by atoms with Crippen LogP contribution in [-0.2, 0) is 74.6 Å². The molecule has 1 aromatic carbocycles. The minimum absolute atomic E-state index is 0.0389. The number of likely N-dealkylation sites (tertiary alicyclic amines) is 1. The zero-order chi connectivity index (χ0) is 93.5. The van der Waals surface area contributed by atoms with E-state index >= 15 is 0 Å². The van der Waals surface area contributed by atoms with Gasteiger partial charge >= 0.3 is 58.1 Å². The molecule has 8 aromatic rings. The number of aliphatic hydroxyl groups is 5. The highest BCUT2D eigenvalue weighted by Crippen LogP contribution is 2.48. The number of aliphatic hydroxyl groups excluding tert-OH is 5. The minimum atomic E-state index is -3.65. The smallest absolute Gasteiger partial charge is 0.350 e. The number of morpholine rings is 1. The highest BCUT2D eigenvalue weighted by Gasteiger charge is 2.65. The number of aliphatic imine (C=N–C) groups is 1. The highest BCUT2D eigenvalue weighted by atomic mass is 19.3. The van der Waals surface area contributed by atoms with Crippen LogP contribution in [0.2, 0.25) is 0 Å². The molecule has 48 heteroatoms. The Morgan fingerprint density at radius 1 is 0.431 bits per heavy atom. The Morgan fingerprint density at radius 2 is 0.792 bits per heavy atom. The number of hydrogen-bond acceptors (Lipinski definition) is 30. The van der Waals surface area contributed by atoms with Gasteiger partial charge in [-0.15, -0.1) is 0 Å². The Labute approximate surface area is 733 Å². The molecule has 10 aliphatic rings. The summed E-state index contributed by atoms with van der Waals surface area (Å²) in [5.74, 6) is -18.4. The van der Waals surface area contributed by atoms with Crippen LogP contribution in [-0.4, -0.2) is 306 Å². The summed E-state index contributed by atoms with van der Waals surface area (Å²) in [6.07, 6.45) is -12.9. The van der Waals surface area contributed by atoms with Crippen LogP contribution < -0.4 is 34.2 Å². The predicted molar refractivity (Wildman–Crippen MR) is 435 cm³/mol. The van der Waals surface area contributed by atoms with Gasteiger partial charge in [-0.05, 0) is 119 Å². The number of benzene rings is 1. The van der Waals surface area contributed by atoms with Crippen molar-refractivity contribution < 1.29 is 102 Å². The molecule has 17 heterocycles. The number of nitrogens with zero attached hydrogens (tertiary/aromatic N) is 20. The molecule has 706 valence electrons. The van der Waals surface area contributed by atoms with Gasteiger partial charge in [-0.2, -0.15) is 79.0 Å². The molecule has 130 heavy (non-hydrogen) atoms. The molecule has 7 N–H and O–H groups in total. The second kappa shape index (κ2) is 38.9. The second-order valence-corrected chi connectivity index (χ2v) is 33.4. The van der Waals surface area contributed by atoms with Crippen LogP contribution in [0.25, 0.3) is 0 Å². The van der Waals surface area contributed by atoms with Gasteiger partial charge in [0, 0.05) is 183 Å². The lowest BCUT2D eigenvalue weighted by Crippen LogP contribution is -2.46. The van der Waals surface area contributed by atoms with Crippen molar-refractivity contribution in [2.24, 2.45) is 17.8 Å². The van der Waals surface area contributed by atoms with Crippen molar-refractivity contribution in [1.29, 1.82) is 0 Å². The average Bonchev–Trinajstić information content (AvgIpc) is 1.62. The first-order chi connectivity index (χ1) is 61.5. The number of nitrogens with two attached hydrogens (primary N) is 1. The van der Waals surface area contributed by atoms with Crippen LogP contribution in [0, 0.1) is 40.4 Å². The monoisotopic (exact) mass is 1840 g/mol. The van der Waals surface area contributed by atoms with Crippen LogP contribution in [0.5, 0.6) is 0 Å². The Bertz CT molecular complexity index is 5740. The SMILES string of the molecule is CN=C1CN(C[C@H]2O[C@@H](n3ccc(C)nc3=O)C(F)(F)[C@@H]2O)CCC1=CN.Cc1ccn([C@@H]2O[C@H](CN3CCOCC3)[C@@H](O)C2(F)F)c(=O)n1.Cc1ccn([C@@H]2O[C@H](CN3CCc4ccc(F)cc4C3)[C@@H](O)C2(F)F)c(=O)n1.Cc1ccn([C@@H]2O[C@H](CN3CCn4nccc4C3)[C@@H](O)C2(F)F)c(=O)n1.Cc1ccn([C@@H]2O[C@H](CN3Cc4cnn(C)c4C3)[C@@H](O)C2(F)F)c(=O)n1. The summed E-state index contributed by atoms with van der Waals surface area (Å²) in [4.78, 5) is 91.6. The van der Waals surface area contributed by atoms with E-state index in [1.54, 1.807) is 64.8 Å². The molecule has 15 atom stereocenters. The largest absolute Gasteiger partial charge is 0.404 e. The van der Waals surface area contributed by atoms with E-state index in [1.165, 1.54) is 79.6 Å². The van der Waals surface area contributed by atoms with E-state index < -0.39 is 150 Å². The molecule has 7 saturated heterocycles. The van der Waals surface area contributed by atoms with Gasteiger partial charge in [-0.25, -0.2) is 28.4 Å². The Balaban J connectivity index is 0.000000131. The molecule has 0 spiro atoms. The molecule has 0 radical (unpaired) electrons. The number of hydrogen-bond donors (Lipinski definition) is 6. The van der Waals surface area contributed by atoms with Gasteiger partial charge in [0.1, 0.15) is 66.9 Å². The number of aromatic nitrogens is 14. The first-order valence-corrected chi connectivity index (χ1v) is 41.8. The molecular weight excluding hydrogens is 1740 g/mol. The van der Waals surface area contributed by atoms with Crippen molar-refractivity contribution in [2.75, 3.05) is 92.3 Å². The average molecular weight is 1840 g/mol. The maximum Gasteiger partial charge on any atom is 0.350 e. The number of alkyl halides is 10. The molecule has 0 unspecified atom stereocenters. The maximum absolute atomic E-state index is 14.6. The van der Waals surface area contributed by atoms with Crippen molar-refractivity contribution in [1.82, 2.24) is 91.8 Å². The molecule has 0 aliphatic carbocycles. The number of piperidine rings is 1. The molecule has 10 aliphatic heterocycles. The van der Waals surface area contributed by atoms with Crippen LogP contribution in [0.1, 0.15) is 94.1 Å². The first kappa shape index (κ1) is 95.9. The normalized spacial score (nSPS) is 29.1. The summed E-state index contributed by atoms with van der Waals surface area (Å²) in [6.45, 7) is 15.5. The highest BCUT2D eigenvalue weighted by molar-refractivity contribution is 6.02. The maximum atomic E-state index is 14.6. The fraction of sp³-hybridized carbons (Fsp3) is 0.573. The van der Waals surface area contributed by atoms with E-state index in [4.69, 9.17) is 34.2 Å². The van der Waals surface area contributed by atoms with Gasteiger partial charge in [-0.3, -0.25) is 61.7 Å². The summed E-state index contributed by atoms with van der Waals surface area (Å²) in [5.41, 5.74) is 10.0. The molecule has 37 nitrogen and oxygen atoms in total. The zero-order valence-corrected chi connectivity index (χ0v) is 71.5. The van der Waals surface area contributed by atoms with Crippen molar-refractivity contribution in [3.8, 4) is 0 Å². The first-order valence-electron chi connectivity index (χ1n) is 41.8. The van der Waals surface area contributed by atoms with E-state index in [1.807, 2.05) is 42.3 Å². The zero-order valence-electron chi connectivity index (χ0n) is 71.5. The lowest BCUT2D eigenvalue weighted by Gasteiger charge is -2.31. The van der Waals surface area contributed by atoms with Crippen LogP contribution >= 0.6 is 0 Å². The summed E-state index contributed by atoms with van der Waals surface area (Å²) < 4.78 is 198. The molecule has 7 fully saturated rings. The summed E-state index contributed by atoms with van der Waals surface area (Å²) in [6, 6.07) is 13.6. The van der Waals surface area contributed by atoms with Crippen LogP contribution in [0.15, 0.2) is 139 Å². The number of fused-ring (bicyclic) bond motifs is 3. The number of rotatable bonds is 15. The van der Waals surface area contributed by atoms with Gasteiger partial charge in [0.05, 0.1) is 43.1 Å². The molecular formula is C82H100F11N21O16. The van der Waals surface area contributed by atoms with E-state index in [2.05, 4.69) is 40.1 Å². The minimum Gasteiger partial charge on any atom is -0.404 e. The fourth-order valence-corrected chi connectivity index (χ4v) is 17.0. The fourth-order valence-electron chi connectivity index (χ4n) is 17.0. The van der Waals surface area contributed by atoms with Crippen molar-refractivity contribution in [2.45, 2.75) is 202 Å². The predicted octanol–water partition coefficient (Wildman–Crippen LogP) is 1.84. The quantitative estimate of drug-likeness (QED) is 0.0797. The summed E-state index contributed by atoms with van der Waals surface area (Å²) in [7, 11) is 3.47. The lowest BCUT2D eigenvalue weighted by molar-refractivity contribution is -0.141. The van der Waals surface area contributed by atoms with Gasteiger partial charge in [-0.1, -0.05) is 6.07 Å². The van der Waals surface area contributed by atoms with E-state index in [0.29, 0.717) is 131 Å². The standard InChI is InChI=1S/C19H20F3N3O3.C17H23F2N5O3.2C16H19F2N5O3.C14H19F2N3O4/c1-11-4-7-25(18(27)23-11)17-19(21,22)16(26)15(28-17)10-24-6-5-12-2-3-14(20)8-13(12)9-24;1-10-3-6-24(16(26)22-10)15-17(18,19)14(25)13(27-15)9-23-5-4-11(7-20)12(8-23)21-2;1-9-3-4-23(15(25)20-9)14-16(17,18)13(24)12(26-14)8-22-6-10-5-19-21(2)11(10)7-22;1-10-3-5-22(15(25)20-10)14-16(17,18)13(24)12(26-14)9-21-6-7-23-11(8-21)2-4-19-23;1-9-2-3-19(13(21)17-9)12-14(15,16)11(20)10(23-12)8-18-4-6-22-7-5-18/h2-4,7-8,15-17,26H,5-6,9-10H2,1H3;3,6-7,13-15,25H,4-5,8-9,20H2,1-2H3;3-5,12-14,24H,6-8H2,1-2H3;2-5,12-14,24H,6-9H2,1H3;2-3,10-12,20H,4-8H2,1H3/t15-,16-,17-;13-,14-,15-;2*12-,13-,14-;10-,11-,12-/m11111/s1. The third kappa shape index (κ3) is 20.3. The second-order valence-electron chi connectivity index (χ2n) is 33.4. The van der Waals surface area contributed by atoms with Crippen LogP contribution in [0.3, 0.4) is 0 Å². The summed E-state index contributed by atoms with van der Waals surface area (Å²) in [5, 5.41) is 58.8. The Hall–Kier alpha value is -10.2. The van der Waals surface area contributed by atoms with Gasteiger partial charge < -0.3 is 59.7 Å². The van der Waals surface area contributed by atoms with Crippen molar-refractivity contribution in [3.05, 3.63) is 225 Å². The molecule has 7 aromatic heterocycles. The third-order valence-corrected chi connectivity index (χ3v) is 24.2. The summed E-state index contributed by atoms with van der Waals surface area (Å²) >= 11 is 0. The molecule has 18 rings (SSSR count). The van der Waals surface area contributed by atoms with Crippen molar-refractivity contribution >= 4 is 5.71 Å². The van der Waals surface area contributed by atoms with Crippen LogP contribution in [0.4, 0.5) is 48.3 Å². The topological polar surface area (TPSA) is 421 Å². The number of ether oxygens (including phenoxy) is 6. The Kier molecular flexibility index (Phi) is 28.7. The lowest BCUT2D eigenvalue weighted by atomic mass is 9.99. The van der Waals surface area contributed by atoms with Crippen molar-refractivity contribution in [3.63, 3.8) is 0 Å². The Morgan fingerprint density at radius 3 is 1.17 bits per heavy atom. The van der Waals surface area contributed by atoms with Gasteiger partial charge in [0.15, 0.2) is 0 Å². The van der Waals surface area contributed by atoms with E-state index in [0.717, 1.165) is 57.6 Å². The molecule has 0 amide bonds. The number of aryl methyl sites for hydroxylation is 6. The van der Waals surface area contributed by atoms with Gasteiger partial charge in [0.25, 0.3) is 0 Å². The van der Waals surface area contributed by atoms with E-state index in [-0.39, 0.29) is 38.5 Å². The molecule has 0 saturated carbocycles. The van der Waals surface area contributed by atoms with E-state index in [9.17, 15) is 97.8 Å². The van der Waals surface area contributed by atoms with Gasteiger partial charge in [0.2, 0.25) is 31.1 Å².